The number of urea groups is 1. The van der Waals surface area contributed by atoms with Gasteiger partial charge in [0.2, 0.25) is 0 Å². The van der Waals surface area contributed by atoms with Crippen LogP contribution in [0.25, 0.3) is 0 Å². The van der Waals surface area contributed by atoms with E-state index in [0.29, 0.717) is 5.69 Å². The number of nitrogens with one attached hydrogen (secondary N) is 1. The number of carbonyl (C=O) groups is 2. The molecule has 1 saturated heterocycles. The van der Waals surface area contributed by atoms with Gasteiger partial charge < -0.3 is 15.3 Å². The molecule has 0 radical (unpaired) electrons. The number of carboxylic acid groups (broad SMARTS) is 1. The van der Waals surface area contributed by atoms with Crippen molar-refractivity contribution in [3.8, 4) is 0 Å². The first kappa shape index (κ1) is 14.3. The highest BCUT2D eigenvalue weighted by Crippen LogP contribution is 2.12. The van der Waals surface area contributed by atoms with Crippen molar-refractivity contribution in [2.24, 2.45) is 0 Å². The van der Waals surface area contributed by atoms with E-state index in [1.54, 1.807) is 0 Å². The lowest BCUT2D eigenvalue weighted by Gasteiger charge is -2.26. The second kappa shape index (κ2) is 5.49. The smallest absolute Gasteiger partial charge is 0.335 e. The summed E-state index contributed by atoms with van der Waals surface area (Å²) >= 11 is 0. The molecule has 0 atom stereocenters. The second-order valence-electron chi connectivity index (χ2n) is 4.45. The van der Waals surface area contributed by atoms with Gasteiger partial charge in [0, 0.05) is 18.8 Å². The van der Waals surface area contributed by atoms with E-state index in [2.05, 4.69) is 5.32 Å². The molecule has 0 aromatic heterocycles. The summed E-state index contributed by atoms with van der Waals surface area (Å²) in [6.45, 7) is 0.336. The summed E-state index contributed by atoms with van der Waals surface area (Å²) in [5.74, 6) is -1.10. The van der Waals surface area contributed by atoms with E-state index in [0.717, 1.165) is 0 Å². The molecule has 1 aromatic rings. The van der Waals surface area contributed by atoms with Crippen molar-refractivity contribution in [2.75, 3.05) is 29.9 Å². The highest BCUT2D eigenvalue weighted by Gasteiger charge is 2.24. The minimum absolute atomic E-state index is 0.0294. The molecular formula is C12H14N2O5S. The van der Waals surface area contributed by atoms with Crippen molar-refractivity contribution in [1.82, 2.24) is 4.90 Å². The fraction of sp³-hybridized carbons (Fsp3) is 0.333. The van der Waals surface area contributed by atoms with Gasteiger partial charge in [-0.1, -0.05) is 0 Å². The zero-order chi connectivity index (χ0) is 14.8. The van der Waals surface area contributed by atoms with E-state index in [4.69, 9.17) is 5.11 Å². The van der Waals surface area contributed by atoms with Gasteiger partial charge in [-0.25, -0.2) is 18.0 Å². The lowest BCUT2D eigenvalue weighted by molar-refractivity contribution is 0.0697. The summed E-state index contributed by atoms with van der Waals surface area (Å²) in [6, 6.07) is 5.37. The summed E-state index contributed by atoms with van der Waals surface area (Å²) in [6.07, 6.45) is 0. The number of carbonyl (C=O) groups excluding carboxylic acids is 1. The SMILES string of the molecule is O=C(O)c1ccc(NC(=O)N2CCS(=O)(=O)CC2)cc1. The Morgan fingerprint density at radius 1 is 1.10 bits per heavy atom. The summed E-state index contributed by atoms with van der Waals surface area (Å²) < 4.78 is 22.5. The molecule has 0 aliphatic carbocycles. The number of rotatable bonds is 2. The maximum absolute atomic E-state index is 11.9. The van der Waals surface area contributed by atoms with Crippen molar-refractivity contribution in [3.05, 3.63) is 29.8 Å². The van der Waals surface area contributed by atoms with Crippen LogP contribution < -0.4 is 5.32 Å². The molecule has 20 heavy (non-hydrogen) atoms. The van der Waals surface area contributed by atoms with Gasteiger partial charge >= 0.3 is 12.0 Å². The van der Waals surface area contributed by atoms with Crippen LogP contribution in [-0.4, -0.2) is 55.0 Å². The van der Waals surface area contributed by atoms with E-state index in [1.807, 2.05) is 0 Å². The summed E-state index contributed by atoms with van der Waals surface area (Å²) in [5.41, 5.74) is 0.598. The molecule has 7 nitrogen and oxygen atoms in total. The highest BCUT2D eigenvalue weighted by molar-refractivity contribution is 7.91. The zero-order valence-corrected chi connectivity index (χ0v) is 11.4. The molecule has 1 aromatic carbocycles. The number of nitrogens with zero attached hydrogens (tertiary/aromatic N) is 1. The number of hydrogen-bond donors (Lipinski definition) is 2. The quantitative estimate of drug-likeness (QED) is 0.834. The van der Waals surface area contributed by atoms with Crippen LogP contribution in [0, 0.1) is 0 Å². The molecular weight excluding hydrogens is 284 g/mol. The Morgan fingerprint density at radius 3 is 2.15 bits per heavy atom. The largest absolute Gasteiger partial charge is 0.478 e. The Labute approximate surface area is 116 Å². The summed E-state index contributed by atoms with van der Waals surface area (Å²) in [7, 11) is -3.02. The lowest BCUT2D eigenvalue weighted by Crippen LogP contribution is -2.45. The zero-order valence-electron chi connectivity index (χ0n) is 10.6. The van der Waals surface area contributed by atoms with Crippen LogP contribution in [0.4, 0.5) is 10.5 Å². The third-order valence-electron chi connectivity index (χ3n) is 3.01. The first-order valence-corrected chi connectivity index (χ1v) is 7.79. The lowest BCUT2D eigenvalue weighted by atomic mass is 10.2. The molecule has 1 heterocycles. The van der Waals surface area contributed by atoms with Gasteiger partial charge in [0.15, 0.2) is 9.84 Å². The van der Waals surface area contributed by atoms with Gasteiger partial charge in [-0.3, -0.25) is 0 Å². The molecule has 108 valence electrons. The summed E-state index contributed by atoms with van der Waals surface area (Å²) in [4.78, 5) is 24.0. The normalized spacial score (nSPS) is 17.5. The number of sulfone groups is 1. The van der Waals surface area contributed by atoms with Crippen LogP contribution in [0.15, 0.2) is 24.3 Å². The van der Waals surface area contributed by atoms with E-state index >= 15 is 0 Å². The van der Waals surface area contributed by atoms with Crippen molar-refractivity contribution in [3.63, 3.8) is 0 Å². The van der Waals surface area contributed by atoms with Crippen LogP contribution >= 0.6 is 0 Å². The number of benzene rings is 1. The van der Waals surface area contributed by atoms with Crippen molar-refractivity contribution in [2.45, 2.75) is 0 Å². The number of carboxylic acids is 1. The molecule has 0 unspecified atom stereocenters. The van der Waals surface area contributed by atoms with Gasteiger partial charge in [0.1, 0.15) is 0 Å². The Hall–Kier alpha value is -2.09. The Morgan fingerprint density at radius 2 is 1.65 bits per heavy atom. The number of anilines is 1. The molecule has 2 amide bonds. The molecule has 0 spiro atoms. The average molecular weight is 298 g/mol. The molecule has 8 heteroatoms. The highest BCUT2D eigenvalue weighted by atomic mass is 32.2. The first-order chi connectivity index (χ1) is 9.37. The molecule has 0 saturated carbocycles. The number of amides is 2. The monoisotopic (exact) mass is 298 g/mol. The van der Waals surface area contributed by atoms with E-state index in [-0.39, 0.29) is 36.2 Å². The first-order valence-electron chi connectivity index (χ1n) is 5.97. The Kier molecular flexibility index (Phi) is 3.93. The van der Waals surface area contributed by atoms with Crippen LogP contribution in [0.5, 0.6) is 0 Å². The van der Waals surface area contributed by atoms with E-state index in [9.17, 15) is 18.0 Å². The number of hydrogen-bond acceptors (Lipinski definition) is 4. The third kappa shape index (κ3) is 3.47. The topological polar surface area (TPSA) is 104 Å². The third-order valence-corrected chi connectivity index (χ3v) is 4.62. The molecule has 1 fully saturated rings. The molecule has 2 N–H and O–H groups in total. The van der Waals surface area contributed by atoms with Crippen molar-refractivity contribution in [1.29, 1.82) is 0 Å². The van der Waals surface area contributed by atoms with Crippen molar-refractivity contribution >= 4 is 27.5 Å². The second-order valence-corrected chi connectivity index (χ2v) is 6.76. The predicted molar refractivity (Wildman–Crippen MR) is 72.6 cm³/mol. The van der Waals surface area contributed by atoms with E-state index < -0.39 is 15.8 Å². The van der Waals surface area contributed by atoms with Crippen LogP contribution in [0.1, 0.15) is 10.4 Å². The van der Waals surface area contributed by atoms with Crippen molar-refractivity contribution < 1.29 is 23.1 Å². The Balaban J connectivity index is 1.96. The molecule has 0 bridgehead atoms. The fourth-order valence-corrected chi connectivity index (χ4v) is 3.02. The Bertz CT molecular complexity index is 610. The van der Waals surface area contributed by atoms with Crippen LogP contribution in [0.2, 0.25) is 0 Å². The average Bonchev–Trinajstić information content (AvgIpc) is 2.39. The van der Waals surface area contributed by atoms with Gasteiger partial charge in [-0.05, 0) is 24.3 Å². The van der Waals surface area contributed by atoms with Crippen LogP contribution in [-0.2, 0) is 9.84 Å². The predicted octanol–water partition coefficient (Wildman–Crippen LogP) is 0.647. The summed E-state index contributed by atoms with van der Waals surface area (Å²) in [5, 5.41) is 11.4. The van der Waals surface area contributed by atoms with Gasteiger partial charge in [-0.15, -0.1) is 0 Å². The van der Waals surface area contributed by atoms with Gasteiger partial charge in [-0.2, -0.15) is 0 Å². The standard InChI is InChI=1S/C12H14N2O5S/c15-11(16)9-1-3-10(4-2-9)13-12(17)14-5-7-20(18,19)8-6-14/h1-4H,5-8H2,(H,13,17)(H,15,16). The fourth-order valence-electron chi connectivity index (χ4n) is 1.81. The van der Waals surface area contributed by atoms with Crippen LogP contribution in [0.3, 0.4) is 0 Å². The van der Waals surface area contributed by atoms with E-state index in [1.165, 1.54) is 29.2 Å². The molecule has 1 aliphatic heterocycles. The maximum Gasteiger partial charge on any atom is 0.335 e. The molecule has 1 aliphatic rings. The van der Waals surface area contributed by atoms with Gasteiger partial charge in [0.25, 0.3) is 0 Å². The van der Waals surface area contributed by atoms with Gasteiger partial charge in [0.05, 0.1) is 17.1 Å². The number of aromatic carboxylic acids is 1. The molecule has 2 rings (SSSR count). The maximum atomic E-state index is 11.9. The minimum atomic E-state index is -3.02. The minimum Gasteiger partial charge on any atom is -0.478 e.